The van der Waals surface area contributed by atoms with Crippen molar-refractivity contribution in [3.8, 4) is 5.75 Å². The molecule has 0 aliphatic heterocycles. The number of sulfonamides is 1. The Hall–Kier alpha value is -2.87. The van der Waals surface area contributed by atoms with Gasteiger partial charge in [-0.05, 0) is 73.9 Å². The Morgan fingerprint density at radius 1 is 1.03 bits per heavy atom. The third kappa shape index (κ3) is 5.78. The quantitative estimate of drug-likeness (QED) is 0.410. The van der Waals surface area contributed by atoms with E-state index in [9.17, 15) is 13.2 Å². The van der Waals surface area contributed by atoms with Crippen molar-refractivity contribution in [2.75, 3.05) is 19.0 Å². The van der Waals surface area contributed by atoms with Crippen LogP contribution in [0.2, 0.25) is 5.02 Å². The molecule has 3 rings (SSSR count). The molecule has 0 radical (unpaired) electrons. The summed E-state index contributed by atoms with van der Waals surface area (Å²) in [4.78, 5) is 13.2. The van der Waals surface area contributed by atoms with Crippen LogP contribution in [-0.2, 0) is 23.0 Å². The van der Waals surface area contributed by atoms with Gasteiger partial charge in [0.05, 0.1) is 11.5 Å². The fraction of sp³-hybridized carbons (Fsp3) is 0.269. The summed E-state index contributed by atoms with van der Waals surface area (Å²) in [6, 6.07) is 17.0. The van der Waals surface area contributed by atoms with E-state index in [4.69, 9.17) is 16.3 Å². The zero-order valence-corrected chi connectivity index (χ0v) is 21.3. The number of aryl methyl sites for hydroxylation is 2. The third-order valence-corrected chi connectivity index (χ3v) is 7.59. The summed E-state index contributed by atoms with van der Waals surface area (Å²) in [6.45, 7) is 6.29. The van der Waals surface area contributed by atoms with Crippen molar-refractivity contribution in [1.29, 1.82) is 0 Å². The van der Waals surface area contributed by atoms with Gasteiger partial charge < -0.3 is 10.1 Å². The van der Waals surface area contributed by atoms with Gasteiger partial charge in [0.2, 0.25) is 10.0 Å². The first-order valence-electron chi connectivity index (χ1n) is 11.0. The Kier molecular flexibility index (Phi) is 8.36. The van der Waals surface area contributed by atoms with Crippen molar-refractivity contribution in [2.45, 2.75) is 38.6 Å². The maximum Gasteiger partial charge on any atom is 0.255 e. The molecule has 0 saturated heterocycles. The van der Waals surface area contributed by atoms with Crippen molar-refractivity contribution in [2.24, 2.45) is 0 Å². The van der Waals surface area contributed by atoms with E-state index in [1.807, 2.05) is 39.0 Å². The number of hydrogen-bond donors (Lipinski definition) is 1. The smallest absolute Gasteiger partial charge is 0.255 e. The van der Waals surface area contributed by atoms with E-state index >= 15 is 0 Å². The summed E-state index contributed by atoms with van der Waals surface area (Å²) < 4.78 is 33.0. The molecule has 3 aromatic rings. The number of rotatable bonds is 9. The Morgan fingerprint density at radius 2 is 1.74 bits per heavy atom. The minimum atomic E-state index is -3.76. The van der Waals surface area contributed by atoms with Crippen LogP contribution in [0.5, 0.6) is 5.75 Å². The number of carbonyl (C=O) groups is 1. The number of carbonyl (C=O) groups excluding carboxylic acids is 1. The van der Waals surface area contributed by atoms with Gasteiger partial charge >= 0.3 is 0 Å². The summed E-state index contributed by atoms with van der Waals surface area (Å²) in [7, 11) is -2.27. The molecule has 0 atom stereocenters. The van der Waals surface area contributed by atoms with E-state index in [-0.39, 0.29) is 17.3 Å². The molecule has 0 aliphatic rings. The van der Waals surface area contributed by atoms with Crippen molar-refractivity contribution >= 4 is 33.2 Å². The second-order valence-corrected chi connectivity index (χ2v) is 10.4. The third-order valence-electron chi connectivity index (χ3n) is 5.52. The molecule has 0 bridgehead atoms. The number of para-hydroxylation sites is 1. The van der Waals surface area contributed by atoms with Crippen LogP contribution in [0.1, 0.15) is 40.9 Å². The van der Waals surface area contributed by atoms with Gasteiger partial charge in [-0.15, -0.1) is 0 Å². The van der Waals surface area contributed by atoms with Crippen LogP contribution < -0.4 is 10.1 Å². The summed E-state index contributed by atoms with van der Waals surface area (Å²) in [5.41, 5.74) is 3.84. The van der Waals surface area contributed by atoms with Crippen LogP contribution in [0.25, 0.3) is 0 Å². The highest BCUT2D eigenvalue weighted by molar-refractivity contribution is 7.89. The Balaban J connectivity index is 1.90. The lowest BCUT2D eigenvalue weighted by molar-refractivity contribution is 0.102. The monoisotopic (exact) mass is 500 g/mol. The molecule has 0 unspecified atom stereocenters. The van der Waals surface area contributed by atoms with Crippen LogP contribution in [0.15, 0.2) is 65.6 Å². The standard InChI is InChI=1S/C26H29ClN2O4S/c1-5-19-9-7-8-18(3)25(19)28-26(30)20-10-15-24(33-6-2)21(16-20)17-29(4)34(31,32)23-13-11-22(27)12-14-23/h7-16H,5-6,17H2,1-4H3,(H,28,30). The zero-order chi connectivity index (χ0) is 24.9. The minimum Gasteiger partial charge on any atom is -0.494 e. The molecule has 0 aliphatic carbocycles. The van der Waals surface area contributed by atoms with Gasteiger partial charge in [0.1, 0.15) is 5.75 Å². The summed E-state index contributed by atoms with van der Waals surface area (Å²) >= 11 is 5.90. The number of anilines is 1. The average molecular weight is 501 g/mol. The second-order valence-electron chi connectivity index (χ2n) is 7.89. The first-order valence-corrected chi connectivity index (χ1v) is 12.9. The number of hydrogen-bond acceptors (Lipinski definition) is 4. The lowest BCUT2D eigenvalue weighted by Gasteiger charge is -2.20. The molecule has 0 heterocycles. The van der Waals surface area contributed by atoms with E-state index in [1.165, 1.54) is 35.6 Å². The number of halogens is 1. The molecule has 0 spiro atoms. The Labute approximate surface area is 206 Å². The summed E-state index contributed by atoms with van der Waals surface area (Å²) in [5, 5.41) is 3.47. The molecular formula is C26H29ClN2O4S. The Bertz CT molecular complexity index is 1270. The number of ether oxygens (including phenoxy) is 1. The van der Waals surface area contributed by atoms with E-state index in [2.05, 4.69) is 5.32 Å². The van der Waals surface area contributed by atoms with E-state index in [0.29, 0.717) is 28.5 Å². The van der Waals surface area contributed by atoms with Crippen molar-refractivity contribution in [1.82, 2.24) is 4.31 Å². The van der Waals surface area contributed by atoms with Crippen molar-refractivity contribution in [3.63, 3.8) is 0 Å². The highest BCUT2D eigenvalue weighted by Crippen LogP contribution is 2.27. The first kappa shape index (κ1) is 25.7. The van der Waals surface area contributed by atoms with Gasteiger partial charge in [-0.2, -0.15) is 4.31 Å². The van der Waals surface area contributed by atoms with Gasteiger partial charge in [-0.1, -0.05) is 36.7 Å². The van der Waals surface area contributed by atoms with Gasteiger partial charge in [-0.25, -0.2) is 8.42 Å². The molecule has 180 valence electrons. The normalized spacial score (nSPS) is 11.5. The highest BCUT2D eigenvalue weighted by atomic mass is 35.5. The molecule has 1 N–H and O–H groups in total. The largest absolute Gasteiger partial charge is 0.494 e. The molecule has 3 aromatic carbocycles. The predicted molar refractivity (Wildman–Crippen MR) is 136 cm³/mol. The highest BCUT2D eigenvalue weighted by Gasteiger charge is 2.23. The molecule has 8 heteroatoms. The summed E-state index contributed by atoms with van der Waals surface area (Å²) in [6.07, 6.45) is 0.791. The number of nitrogens with zero attached hydrogens (tertiary/aromatic N) is 1. The lowest BCUT2D eigenvalue weighted by atomic mass is 10.0. The van der Waals surface area contributed by atoms with Crippen LogP contribution in [-0.4, -0.2) is 32.3 Å². The fourth-order valence-electron chi connectivity index (χ4n) is 3.64. The minimum absolute atomic E-state index is 0.0337. The van der Waals surface area contributed by atoms with Crippen LogP contribution in [0.4, 0.5) is 5.69 Å². The predicted octanol–water partition coefficient (Wildman–Crippen LogP) is 5.68. The second kappa shape index (κ2) is 11.0. The fourth-order valence-corrected chi connectivity index (χ4v) is 4.91. The number of benzene rings is 3. The molecule has 0 fully saturated rings. The van der Waals surface area contributed by atoms with Gasteiger partial charge in [0.15, 0.2) is 0 Å². The van der Waals surface area contributed by atoms with E-state index in [0.717, 1.165) is 23.2 Å². The average Bonchev–Trinajstić information content (AvgIpc) is 2.81. The van der Waals surface area contributed by atoms with Gasteiger partial charge in [0, 0.05) is 35.4 Å². The van der Waals surface area contributed by atoms with E-state index < -0.39 is 10.0 Å². The van der Waals surface area contributed by atoms with Crippen molar-refractivity contribution in [3.05, 3.63) is 87.9 Å². The van der Waals surface area contributed by atoms with Crippen LogP contribution in [0, 0.1) is 6.92 Å². The molecule has 0 aromatic heterocycles. The van der Waals surface area contributed by atoms with E-state index in [1.54, 1.807) is 18.2 Å². The maximum absolute atomic E-state index is 13.1. The lowest BCUT2D eigenvalue weighted by Crippen LogP contribution is -2.27. The number of amides is 1. The van der Waals surface area contributed by atoms with Gasteiger partial charge in [-0.3, -0.25) is 4.79 Å². The summed E-state index contributed by atoms with van der Waals surface area (Å²) in [5.74, 6) is 0.263. The van der Waals surface area contributed by atoms with Crippen LogP contribution >= 0.6 is 11.6 Å². The van der Waals surface area contributed by atoms with Crippen molar-refractivity contribution < 1.29 is 17.9 Å². The molecule has 0 saturated carbocycles. The SMILES string of the molecule is CCOc1ccc(C(=O)Nc2c(C)cccc2CC)cc1CN(C)S(=O)(=O)c1ccc(Cl)cc1. The Morgan fingerprint density at radius 3 is 2.38 bits per heavy atom. The first-order chi connectivity index (χ1) is 16.2. The molecular weight excluding hydrogens is 472 g/mol. The molecule has 6 nitrogen and oxygen atoms in total. The zero-order valence-electron chi connectivity index (χ0n) is 19.8. The number of nitrogens with one attached hydrogen (secondary N) is 1. The molecule has 34 heavy (non-hydrogen) atoms. The molecule has 1 amide bonds. The van der Waals surface area contributed by atoms with Crippen LogP contribution in [0.3, 0.4) is 0 Å². The van der Waals surface area contributed by atoms with Gasteiger partial charge in [0.25, 0.3) is 5.91 Å². The maximum atomic E-state index is 13.1. The topological polar surface area (TPSA) is 75.7 Å².